The number of aromatic nitrogens is 1. The molecule has 140 valence electrons. The van der Waals surface area contributed by atoms with Crippen molar-refractivity contribution in [3.05, 3.63) is 34.8 Å². The lowest BCUT2D eigenvalue weighted by Crippen LogP contribution is -2.50. The molecule has 1 amide bonds. The number of benzene rings is 1. The minimum Gasteiger partial charge on any atom is -0.449 e. The van der Waals surface area contributed by atoms with E-state index in [2.05, 4.69) is 15.2 Å². The molecule has 0 unspecified atom stereocenters. The highest BCUT2D eigenvalue weighted by atomic mass is 35.5. The number of piperidine rings is 3. The van der Waals surface area contributed by atoms with Crippen LogP contribution in [0.15, 0.2) is 30.3 Å². The topological polar surface area (TPSA) is 54.5 Å². The Bertz CT molecular complexity index is 747. The Kier molecular flexibility index (Phi) is 6.07. The average Bonchev–Trinajstić information content (AvgIpc) is 3.02. The Hall–Kier alpha value is -1.34. The third-order valence-corrected chi connectivity index (χ3v) is 6.45. The average molecular weight is 414 g/mol. The van der Waals surface area contributed by atoms with Crippen molar-refractivity contribution in [2.45, 2.75) is 19.3 Å². The van der Waals surface area contributed by atoms with Crippen molar-refractivity contribution in [3.63, 3.8) is 0 Å². The Balaban J connectivity index is 0.00000196. The normalized spacial score (nSPS) is 24.0. The van der Waals surface area contributed by atoms with Crippen LogP contribution >= 0.6 is 35.3 Å². The fraction of sp³-hybridized carbons (Fsp3) is 0.444. The van der Waals surface area contributed by atoms with E-state index in [-0.39, 0.29) is 17.8 Å². The Morgan fingerprint density at radius 2 is 1.88 bits per heavy atom. The summed E-state index contributed by atoms with van der Waals surface area (Å²) in [6.07, 6.45) is 2.87. The number of hydrogen-bond acceptors (Lipinski definition) is 5. The van der Waals surface area contributed by atoms with Gasteiger partial charge >= 0.3 is 6.09 Å². The first-order valence-corrected chi connectivity index (χ1v) is 9.71. The maximum Gasteiger partial charge on any atom is 0.412 e. The van der Waals surface area contributed by atoms with Gasteiger partial charge in [0.25, 0.3) is 0 Å². The highest BCUT2D eigenvalue weighted by molar-refractivity contribution is 7.19. The molecule has 2 bridgehead atoms. The highest BCUT2D eigenvalue weighted by Gasteiger charge is 2.40. The smallest absolute Gasteiger partial charge is 0.412 e. The molecule has 3 saturated heterocycles. The van der Waals surface area contributed by atoms with Gasteiger partial charge in [-0.15, -0.1) is 23.7 Å². The molecule has 0 atom stereocenters. The number of fused-ring (bicyclic) bond motifs is 3. The molecule has 0 aliphatic carbocycles. The maximum atomic E-state index is 12.3. The quantitative estimate of drug-likeness (QED) is 0.772. The summed E-state index contributed by atoms with van der Waals surface area (Å²) in [6, 6.07) is 9.77. The van der Waals surface area contributed by atoms with Crippen molar-refractivity contribution in [2.75, 3.05) is 31.6 Å². The van der Waals surface area contributed by atoms with Crippen LogP contribution in [0.1, 0.15) is 19.3 Å². The predicted octanol–water partition coefficient (Wildman–Crippen LogP) is 4.92. The zero-order valence-corrected chi connectivity index (χ0v) is 16.6. The number of carbonyl (C=O) groups is 1. The monoisotopic (exact) mass is 413 g/mol. The van der Waals surface area contributed by atoms with E-state index in [4.69, 9.17) is 16.3 Å². The molecular formula is C18H21Cl2N3O2S. The van der Waals surface area contributed by atoms with Gasteiger partial charge in [-0.2, -0.15) is 0 Å². The minimum atomic E-state index is -0.457. The number of ether oxygens (including phenoxy) is 1. The third-order valence-electron chi connectivity index (χ3n) is 5.24. The van der Waals surface area contributed by atoms with Gasteiger partial charge in [0.2, 0.25) is 0 Å². The van der Waals surface area contributed by atoms with Crippen molar-refractivity contribution in [1.82, 2.24) is 9.88 Å². The first-order chi connectivity index (χ1) is 12.1. The zero-order valence-electron chi connectivity index (χ0n) is 14.2. The van der Waals surface area contributed by atoms with Crippen LogP contribution in [0.4, 0.5) is 10.6 Å². The van der Waals surface area contributed by atoms with Gasteiger partial charge in [0.05, 0.1) is 11.5 Å². The van der Waals surface area contributed by atoms with Crippen LogP contribution in [0.5, 0.6) is 0 Å². The molecule has 3 aliphatic heterocycles. The number of nitrogens with zero attached hydrogens (tertiary/aromatic N) is 2. The van der Waals surface area contributed by atoms with Gasteiger partial charge in [0.1, 0.15) is 0 Å². The number of amides is 1. The number of halogens is 2. The number of rotatable bonds is 4. The molecule has 4 heterocycles. The van der Waals surface area contributed by atoms with Crippen LogP contribution in [0, 0.1) is 5.41 Å². The molecule has 8 heteroatoms. The van der Waals surface area contributed by atoms with Crippen LogP contribution in [0.25, 0.3) is 10.4 Å². The minimum absolute atomic E-state index is 0. The van der Waals surface area contributed by atoms with E-state index in [1.54, 1.807) is 0 Å². The molecule has 2 aromatic rings. The molecule has 1 aromatic carbocycles. The second-order valence-corrected chi connectivity index (χ2v) is 8.38. The van der Waals surface area contributed by atoms with Gasteiger partial charge < -0.3 is 9.64 Å². The highest BCUT2D eigenvalue weighted by Crippen LogP contribution is 2.40. The SMILES string of the molecule is Cl.O=C(Nc1nc(Cl)sc1-c1ccccc1)OCC12CCN(CC1)CC2. The lowest BCUT2D eigenvalue weighted by Gasteiger charge is -2.47. The van der Waals surface area contributed by atoms with E-state index in [0.717, 1.165) is 49.3 Å². The lowest BCUT2D eigenvalue weighted by molar-refractivity contribution is -0.0190. The van der Waals surface area contributed by atoms with Crippen LogP contribution in [-0.2, 0) is 4.74 Å². The summed E-state index contributed by atoms with van der Waals surface area (Å²) < 4.78 is 5.95. The van der Waals surface area contributed by atoms with Crippen LogP contribution in [-0.4, -0.2) is 42.2 Å². The fourth-order valence-electron chi connectivity index (χ4n) is 3.63. The van der Waals surface area contributed by atoms with E-state index < -0.39 is 6.09 Å². The standard InChI is InChI=1S/C18H20ClN3O2S.ClH/c19-16-20-15(14(25-16)13-4-2-1-3-5-13)21-17(23)24-12-18-6-9-22(10-7-18)11-8-18;/h1-5H,6-12H2,(H,21,23);1H. The third kappa shape index (κ3) is 4.14. The second kappa shape index (κ2) is 8.13. The van der Waals surface area contributed by atoms with Crippen molar-refractivity contribution >= 4 is 47.3 Å². The molecule has 26 heavy (non-hydrogen) atoms. The van der Waals surface area contributed by atoms with E-state index in [1.165, 1.54) is 11.3 Å². The number of thiazole rings is 1. The summed E-state index contributed by atoms with van der Waals surface area (Å²) in [5, 5.41) is 2.77. The van der Waals surface area contributed by atoms with E-state index in [9.17, 15) is 4.79 Å². The molecule has 1 N–H and O–H groups in total. The summed E-state index contributed by atoms with van der Waals surface area (Å²) in [4.78, 5) is 19.8. The Morgan fingerprint density at radius 1 is 1.23 bits per heavy atom. The number of nitrogens with one attached hydrogen (secondary N) is 1. The maximum absolute atomic E-state index is 12.3. The van der Waals surface area contributed by atoms with Gasteiger partial charge in [0, 0.05) is 5.41 Å². The number of carbonyl (C=O) groups excluding carboxylic acids is 1. The van der Waals surface area contributed by atoms with Crippen LogP contribution in [0.3, 0.4) is 0 Å². The summed E-state index contributed by atoms with van der Waals surface area (Å²) >= 11 is 7.40. The van der Waals surface area contributed by atoms with Crippen LogP contribution in [0.2, 0.25) is 4.47 Å². The van der Waals surface area contributed by atoms with Gasteiger partial charge in [0.15, 0.2) is 10.3 Å². The van der Waals surface area contributed by atoms with Crippen molar-refractivity contribution in [3.8, 4) is 10.4 Å². The van der Waals surface area contributed by atoms with Gasteiger partial charge in [-0.1, -0.05) is 41.9 Å². The zero-order chi connectivity index (χ0) is 17.3. The molecule has 0 spiro atoms. The molecule has 0 radical (unpaired) electrons. The first-order valence-electron chi connectivity index (χ1n) is 8.51. The lowest BCUT2D eigenvalue weighted by atomic mass is 9.73. The Labute approximate surface area is 168 Å². The molecule has 5 rings (SSSR count). The van der Waals surface area contributed by atoms with Gasteiger partial charge in [-0.25, -0.2) is 9.78 Å². The van der Waals surface area contributed by atoms with Crippen molar-refractivity contribution < 1.29 is 9.53 Å². The first kappa shape index (κ1) is 19.4. The summed E-state index contributed by atoms with van der Waals surface area (Å²) in [5.74, 6) is 0.460. The summed E-state index contributed by atoms with van der Waals surface area (Å²) in [7, 11) is 0. The molecule has 3 fully saturated rings. The Morgan fingerprint density at radius 3 is 2.54 bits per heavy atom. The van der Waals surface area contributed by atoms with E-state index in [0.29, 0.717) is 16.9 Å². The molecule has 0 saturated carbocycles. The number of hydrogen-bond donors (Lipinski definition) is 1. The van der Waals surface area contributed by atoms with Crippen LogP contribution < -0.4 is 5.32 Å². The van der Waals surface area contributed by atoms with Gasteiger partial charge in [-0.05, 0) is 44.5 Å². The predicted molar refractivity (Wildman–Crippen MR) is 108 cm³/mol. The second-order valence-electron chi connectivity index (χ2n) is 6.80. The van der Waals surface area contributed by atoms with Gasteiger partial charge in [-0.3, -0.25) is 5.32 Å². The van der Waals surface area contributed by atoms with Crippen molar-refractivity contribution in [2.24, 2.45) is 5.41 Å². The summed E-state index contributed by atoms with van der Waals surface area (Å²) in [5.41, 5.74) is 1.13. The molecule has 1 aromatic heterocycles. The molecule has 3 aliphatic rings. The van der Waals surface area contributed by atoms with E-state index >= 15 is 0 Å². The largest absolute Gasteiger partial charge is 0.449 e. The molecule has 5 nitrogen and oxygen atoms in total. The number of anilines is 1. The van der Waals surface area contributed by atoms with E-state index in [1.807, 2.05) is 30.3 Å². The molecular weight excluding hydrogens is 393 g/mol. The van der Waals surface area contributed by atoms with Crippen molar-refractivity contribution in [1.29, 1.82) is 0 Å². The summed E-state index contributed by atoms with van der Waals surface area (Å²) in [6.45, 7) is 3.83. The fourth-order valence-corrected chi connectivity index (χ4v) is 4.70.